The highest BCUT2D eigenvalue weighted by Crippen LogP contribution is 2.20. The Bertz CT molecular complexity index is 3020. The van der Waals surface area contributed by atoms with Gasteiger partial charge in [0.05, 0.1) is 25.4 Å². The molecular formula is C51H64N10O18S3. The molecule has 0 bridgehead atoms. The van der Waals surface area contributed by atoms with Gasteiger partial charge < -0.3 is 72.8 Å². The Morgan fingerprint density at radius 2 is 1.00 bits per heavy atom. The first-order valence-corrected chi connectivity index (χ1v) is 29.1. The smallest absolute Gasteiger partial charge is 0.446 e. The maximum Gasteiger partial charge on any atom is 0.446 e. The summed E-state index contributed by atoms with van der Waals surface area (Å²) in [5.74, 6) is -11.9. The van der Waals surface area contributed by atoms with Crippen molar-refractivity contribution in [2.45, 2.75) is 87.2 Å². The topological polar surface area (TPSA) is 450 Å². The Morgan fingerprint density at radius 3 is 1.57 bits per heavy atom. The number of thioether (sulfide) groups is 2. The Kier molecular flexibility index (Phi) is 26.5. The van der Waals surface area contributed by atoms with Gasteiger partial charge in [0.25, 0.3) is 0 Å². The molecule has 0 aliphatic rings. The van der Waals surface area contributed by atoms with Crippen molar-refractivity contribution >= 4 is 110 Å². The Labute approximate surface area is 478 Å². The number of hydrogen-bond donors (Lipinski definition) is 14. The summed E-state index contributed by atoms with van der Waals surface area (Å²) >= 11 is 2.57. The summed E-state index contributed by atoms with van der Waals surface area (Å²) < 4.78 is 35.8. The van der Waals surface area contributed by atoms with Gasteiger partial charge in [0.2, 0.25) is 47.3 Å². The zero-order valence-corrected chi connectivity index (χ0v) is 46.7. The highest BCUT2D eigenvalue weighted by Gasteiger charge is 2.34. The van der Waals surface area contributed by atoms with E-state index in [1.165, 1.54) is 35.7 Å². The van der Waals surface area contributed by atoms with Gasteiger partial charge in [-0.15, -0.1) is 0 Å². The molecule has 0 radical (unpaired) electrons. The fourth-order valence-corrected chi connectivity index (χ4v) is 9.20. The number of aromatic amines is 1. The summed E-state index contributed by atoms with van der Waals surface area (Å²) in [5, 5.41) is 48.3. The van der Waals surface area contributed by atoms with E-state index >= 15 is 0 Å². The first-order chi connectivity index (χ1) is 38.8. The normalized spacial score (nSPS) is 13.7. The molecule has 28 nitrogen and oxygen atoms in total. The van der Waals surface area contributed by atoms with E-state index in [4.69, 9.17) is 15.4 Å². The van der Waals surface area contributed by atoms with Crippen LogP contribution in [0.5, 0.6) is 5.75 Å². The molecule has 0 aliphatic carbocycles. The van der Waals surface area contributed by atoms with Gasteiger partial charge in [-0.25, -0.2) is 0 Å². The molecule has 0 aliphatic heterocycles. The minimum absolute atomic E-state index is 0.0301. The molecule has 444 valence electrons. The predicted octanol–water partition coefficient (Wildman–Crippen LogP) is -1.61. The van der Waals surface area contributed by atoms with Crippen molar-refractivity contribution in [1.82, 2.24) is 47.5 Å². The van der Waals surface area contributed by atoms with Crippen molar-refractivity contribution in [2.24, 2.45) is 5.73 Å². The summed E-state index contributed by atoms with van der Waals surface area (Å²) in [6, 6.07) is 9.45. The van der Waals surface area contributed by atoms with Gasteiger partial charge in [-0.1, -0.05) is 60.7 Å². The second-order valence-electron chi connectivity index (χ2n) is 18.2. The Morgan fingerprint density at radius 1 is 0.537 bits per heavy atom. The van der Waals surface area contributed by atoms with E-state index < -0.39 is 144 Å². The highest BCUT2D eigenvalue weighted by molar-refractivity contribution is 7.98. The van der Waals surface area contributed by atoms with Crippen LogP contribution in [0, 0.1) is 0 Å². The fourth-order valence-electron chi connectivity index (χ4n) is 7.90. The number of carbonyl (C=O) groups is 11. The van der Waals surface area contributed by atoms with E-state index in [-0.39, 0.29) is 54.9 Å². The summed E-state index contributed by atoms with van der Waals surface area (Å²) in [4.78, 5) is 148. The van der Waals surface area contributed by atoms with Crippen LogP contribution in [0.3, 0.4) is 0 Å². The number of carbonyl (C=O) groups excluding carboxylic acids is 8. The van der Waals surface area contributed by atoms with Gasteiger partial charge in [0.15, 0.2) is 0 Å². The van der Waals surface area contributed by atoms with Crippen molar-refractivity contribution in [3.63, 3.8) is 0 Å². The Hall–Kier alpha value is -8.26. The number of carboxylic acid groups (broad SMARTS) is 3. The number of para-hydroxylation sites is 1. The lowest BCUT2D eigenvalue weighted by Gasteiger charge is -2.26. The van der Waals surface area contributed by atoms with Gasteiger partial charge in [-0.3, -0.25) is 57.3 Å². The van der Waals surface area contributed by atoms with E-state index in [0.29, 0.717) is 22.0 Å². The second-order valence-corrected chi connectivity index (χ2v) is 21.2. The number of nitrogens with one attached hydrogen (secondary N) is 9. The minimum Gasteiger partial charge on any atom is -0.481 e. The lowest BCUT2D eigenvalue weighted by atomic mass is 10.0. The number of nitrogens with two attached hydrogens (primary N) is 1. The molecule has 3 aromatic carbocycles. The molecule has 0 fully saturated rings. The van der Waals surface area contributed by atoms with E-state index in [0.717, 1.165) is 12.1 Å². The quantitative estimate of drug-likeness (QED) is 0.0230. The third-order valence-electron chi connectivity index (χ3n) is 11.9. The molecule has 15 N–H and O–H groups in total. The lowest BCUT2D eigenvalue weighted by Crippen LogP contribution is -2.59. The van der Waals surface area contributed by atoms with Crippen molar-refractivity contribution in [2.75, 3.05) is 37.1 Å². The van der Waals surface area contributed by atoms with Crippen LogP contribution in [0.15, 0.2) is 85.1 Å². The number of benzene rings is 3. The van der Waals surface area contributed by atoms with Crippen LogP contribution in [-0.4, -0.2) is 178 Å². The van der Waals surface area contributed by atoms with Gasteiger partial charge in [-0.05, 0) is 71.7 Å². The van der Waals surface area contributed by atoms with Crippen molar-refractivity contribution in [3.05, 3.63) is 102 Å². The molecule has 0 spiro atoms. The molecule has 1 heterocycles. The van der Waals surface area contributed by atoms with Crippen LogP contribution < -0.4 is 52.5 Å². The number of carboxylic acids is 3. The molecule has 82 heavy (non-hydrogen) atoms. The van der Waals surface area contributed by atoms with Crippen molar-refractivity contribution in [3.8, 4) is 5.75 Å². The van der Waals surface area contributed by atoms with Crippen LogP contribution in [0.1, 0.15) is 42.4 Å². The highest BCUT2D eigenvalue weighted by atomic mass is 32.3. The number of fused-ring (bicyclic) bond motifs is 1. The van der Waals surface area contributed by atoms with Crippen LogP contribution >= 0.6 is 23.5 Å². The van der Waals surface area contributed by atoms with Gasteiger partial charge in [0, 0.05) is 36.4 Å². The molecule has 4 aromatic rings. The minimum atomic E-state index is -4.89. The number of amides is 8. The third kappa shape index (κ3) is 23.1. The second kappa shape index (κ2) is 32.9. The van der Waals surface area contributed by atoms with Gasteiger partial charge in [0.1, 0.15) is 48.5 Å². The maximum absolute atomic E-state index is 14.4. The molecule has 0 unspecified atom stereocenters. The molecular weight excluding hydrogens is 1140 g/mol. The molecule has 1 aromatic heterocycles. The number of rotatable bonds is 35. The molecule has 31 heteroatoms. The summed E-state index contributed by atoms with van der Waals surface area (Å²) in [6.07, 6.45) is 2.43. The first-order valence-electron chi connectivity index (χ1n) is 25.0. The average molecular weight is 1200 g/mol. The van der Waals surface area contributed by atoms with E-state index in [2.05, 4.69) is 51.7 Å². The number of aromatic nitrogens is 1. The largest absolute Gasteiger partial charge is 0.481 e. The average Bonchev–Trinajstić information content (AvgIpc) is 3.95. The lowest BCUT2D eigenvalue weighted by molar-refractivity contribution is -0.142. The van der Waals surface area contributed by atoms with Crippen molar-refractivity contribution in [1.29, 1.82) is 0 Å². The van der Waals surface area contributed by atoms with Crippen LogP contribution in [-0.2, 0) is 82.4 Å². The van der Waals surface area contributed by atoms with Crippen LogP contribution in [0.4, 0.5) is 0 Å². The monoisotopic (exact) mass is 1200 g/mol. The predicted molar refractivity (Wildman–Crippen MR) is 298 cm³/mol. The summed E-state index contributed by atoms with van der Waals surface area (Å²) in [6.45, 7) is -1.58. The van der Waals surface area contributed by atoms with E-state index in [1.807, 2.05) is 0 Å². The van der Waals surface area contributed by atoms with Crippen LogP contribution in [0.25, 0.3) is 10.9 Å². The standard InChI is InChI=1S/C51H64N10O18S3/c1-80-18-16-35(57-49(73)38(59-45(69)33(52)23-42(63)64)21-29-12-14-31(15-13-29)79-82(76,77)78)46(70)54-26-41(62)56-39(22-30-25-53-34-11-7-6-10-32(30)34)50(74)58-36(17-19-81-2)48(72)61-40(24-43(65)66)51(75)60-37(47(71)55-27-44(67)68)20-28-8-4-3-5-9-28/h3-15,25,33,35-40,53H,16-24,26-27,52H2,1-2H3,(H,54,70)(H,55,71)(H,56,62)(H,57,73)(H,58,74)(H,59,69)(H,60,75)(H,61,72)(H,63,64)(H,65,66)(H,67,68)(H,76,77,78)/t33-,35-,36-,37-,38-,39-,40-/m0/s1. The maximum atomic E-state index is 14.4. The van der Waals surface area contributed by atoms with Crippen molar-refractivity contribution < 1.29 is 85.2 Å². The molecule has 7 atom stereocenters. The molecule has 0 saturated carbocycles. The first kappa shape index (κ1) is 66.3. The SMILES string of the molecule is CSCC[C@H](NC(=O)[C@H](Cc1ccc(OS(=O)(=O)O)cc1)NC(=O)[C@@H](N)CC(=O)O)C(=O)NCC(=O)N[C@@H](Cc1c[nH]c2ccccc12)C(=O)N[C@@H](CCSC)C(=O)N[C@@H](CC(=O)O)C(=O)N[C@@H](Cc1ccccc1)C(=O)NCC(=O)O. The summed E-state index contributed by atoms with van der Waals surface area (Å²) in [5.41, 5.74) is 7.80. The van der Waals surface area contributed by atoms with Crippen LogP contribution in [0.2, 0.25) is 0 Å². The molecule has 4 rings (SSSR count). The number of aliphatic carboxylic acids is 3. The van der Waals surface area contributed by atoms with Gasteiger partial charge >= 0.3 is 28.3 Å². The number of H-pyrrole nitrogens is 1. The summed E-state index contributed by atoms with van der Waals surface area (Å²) in [7, 11) is -4.89. The molecule has 0 saturated heterocycles. The fraction of sp³-hybridized carbons (Fsp3) is 0.392. The van der Waals surface area contributed by atoms with E-state index in [1.54, 1.807) is 73.3 Å². The third-order valence-corrected chi connectivity index (χ3v) is 13.6. The number of hydrogen-bond acceptors (Lipinski definition) is 17. The molecule has 8 amide bonds. The van der Waals surface area contributed by atoms with Gasteiger partial charge in [-0.2, -0.15) is 31.9 Å². The zero-order chi connectivity index (χ0) is 60.5. The Balaban J connectivity index is 1.56. The zero-order valence-electron chi connectivity index (χ0n) is 44.2. The van der Waals surface area contributed by atoms with E-state index in [9.17, 15) is 71.4 Å².